The lowest BCUT2D eigenvalue weighted by molar-refractivity contribution is -0.140. The van der Waals surface area contributed by atoms with Gasteiger partial charge in [0.1, 0.15) is 23.2 Å². The van der Waals surface area contributed by atoms with E-state index in [9.17, 15) is 19.4 Å². The fourth-order valence-corrected chi connectivity index (χ4v) is 6.82. The summed E-state index contributed by atoms with van der Waals surface area (Å²) < 4.78 is 30.5. The molecule has 2 amide bonds. The third kappa shape index (κ3) is 6.92. The molecule has 0 spiro atoms. The zero-order chi connectivity index (χ0) is 28.7. The van der Waals surface area contributed by atoms with Crippen molar-refractivity contribution in [3.05, 3.63) is 30.0 Å². The van der Waals surface area contributed by atoms with E-state index in [1.165, 1.54) is 0 Å². The molecule has 0 aliphatic carbocycles. The van der Waals surface area contributed by atoms with Crippen molar-refractivity contribution >= 4 is 41.9 Å². The Bertz CT molecular complexity index is 1320. The SMILES string of the molecule is CCOP(=O)(OCC)C(C#N)C(=N[C@H]1CCCCN(CC(=O)N2CCCC2)C1=O)Nc1ccc2oc(C)cc2c1. The molecule has 1 unspecified atom stereocenters. The normalized spacial score (nSPS) is 19.5. The number of rotatable bonds is 10. The predicted octanol–water partition coefficient (Wildman–Crippen LogP) is 4.71. The highest BCUT2D eigenvalue weighted by atomic mass is 31.2. The van der Waals surface area contributed by atoms with Crippen LogP contribution in [-0.2, 0) is 23.2 Å². The number of nitrogens with zero attached hydrogens (tertiary/aromatic N) is 4. The minimum absolute atomic E-state index is 0.00217. The Morgan fingerprint density at radius 2 is 1.88 bits per heavy atom. The van der Waals surface area contributed by atoms with E-state index >= 15 is 0 Å². The molecule has 2 saturated heterocycles. The van der Waals surface area contributed by atoms with E-state index in [0.717, 1.165) is 30.4 Å². The molecule has 2 aromatic rings. The van der Waals surface area contributed by atoms with Gasteiger partial charge in [-0.1, -0.05) is 0 Å². The molecule has 12 heteroatoms. The van der Waals surface area contributed by atoms with Gasteiger partial charge in [0.15, 0.2) is 0 Å². The maximum atomic E-state index is 13.8. The summed E-state index contributed by atoms with van der Waals surface area (Å²) in [7, 11) is -3.98. The molecule has 0 bridgehead atoms. The van der Waals surface area contributed by atoms with Crippen molar-refractivity contribution in [2.75, 3.05) is 44.7 Å². The molecule has 40 heavy (non-hydrogen) atoms. The van der Waals surface area contributed by atoms with E-state index in [1.54, 1.807) is 35.8 Å². The number of amides is 2. The van der Waals surface area contributed by atoms with Crippen LogP contribution in [0.3, 0.4) is 0 Å². The molecule has 1 aromatic carbocycles. The molecule has 4 rings (SSSR count). The number of aryl methyl sites for hydroxylation is 1. The van der Waals surface area contributed by atoms with E-state index in [4.69, 9.17) is 18.5 Å². The molecule has 3 heterocycles. The number of fused-ring (bicyclic) bond motifs is 1. The molecule has 2 fully saturated rings. The van der Waals surface area contributed by atoms with Gasteiger partial charge in [0.2, 0.25) is 17.5 Å². The van der Waals surface area contributed by atoms with Crippen LogP contribution in [0, 0.1) is 18.3 Å². The maximum absolute atomic E-state index is 13.8. The number of nitriles is 1. The number of anilines is 1. The lowest BCUT2D eigenvalue weighted by Gasteiger charge is -2.27. The summed E-state index contributed by atoms with van der Waals surface area (Å²) in [5.74, 6) is 0.424. The smallest absolute Gasteiger partial charge is 0.355 e. The Labute approximate surface area is 235 Å². The van der Waals surface area contributed by atoms with Crippen LogP contribution in [-0.4, -0.2) is 78.5 Å². The third-order valence-corrected chi connectivity index (χ3v) is 9.29. The summed E-state index contributed by atoms with van der Waals surface area (Å²) in [4.78, 5) is 34.6. The molecule has 0 radical (unpaired) electrons. The van der Waals surface area contributed by atoms with Gasteiger partial charge in [-0.05, 0) is 77.1 Å². The van der Waals surface area contributed by atoms with Gasteiger partial charge in [-0.2, -0.15) is 5.26 Å². The van der Waals surface area contributed by atoms with E-state index < -0.39 is 19.3 Å². The topological polar surface area (TPSA) is 137 Å². The lowest BCUT2D eigenvalue weighted by atomic mass is 10.1. The van der Waals surface area contributed by atoms with E-state index in [2.05, 4.69) is 11.4 Å². The number of furan rings is 1. The van der Waals surface area contributed by atoms with Gasteiger partial charge < -0.3 is 28.6 Å². The van der Waals surface area contributed by atoms with Crippen molar-refractivity contribution in [2.45, 2.75) is 64.6 Å². The first-order valence-electron chi connectivity index (χ1n) is 14.0. The van der Waals surface area contributed by atoms with Crippen LogP contribution in [0.4, 0.5) is 5.69 Å². The molecule has 2 aliphatic rings. The number of aliphatic imine (C=N–C) groups is 1. The summed E-state index contributed by atoms with van der Waals surface area (Å²) in [6, 6.07) is 8.47. The van der Waals surface area contributed by atoms with Crippen LogP contribution in [0.5, 0.6) is 0 Å². The summed E-state index contributed by atoms with van der Waals surface area (Å²) in [6.45, 7) is 7.22. The second kappa shape index (κ2) is 13.4. The van der Waals surface area contributed by atoms with Crippen molar-refractivity contribution in [1.82, 2.24) is 9.80 Å². The number of nitrogens with one attached hydrogen (secondary N) is 1. The second-order valence-electron chi connectivity index (χ2n) is 10.0. The van der Waals surface area contributed by atoms with E-state index in [-0.39, 0.29) is 37.4 Å². The number of amidine groups is 1. The fourth-order valence-electron chi connectivity index (χ4n) is 5.16. The van der Waals surface area contributed by atoms with Crippen molar-refractivity contribution in [3.8, 4) is 6.07 Å². The minimum atomic E-state index is -3.98. The lowest BCUT2D eigenvalue weighted by Crippen LogP contribution is -2.45. The second-order valence-corrected chi connectivity index (χ2v) is 12.1. The van der Waals surface area contributed by atoms with Crippen molar-refractivity contribution < 1.29 is 27.6 Å². The largest absolute Gasteiger partial charge is 0.461 e. The first-order chi connectivity index (χ1) is 19.3. The van der Waals surface area contributed by atoms with Gasteiger partial charge in [-0.3, -0.25) is 19.1 Å². The zero-order valence-electron chi connectivity index (χ0n) is 23.4. The van der Waals surface area contributed by atoms with Gasteiger partial charge in [0.05, 0.1) is 25.8 Å². The van der Waals surface area contributed by atoms with Crippen LogP contribution in [0.2, 0.25) is 0 Å². The highest BCUT2D eigenvalue weighted by molar-refractivity contribution is 7.56. The summed E-state index contributed by atoms with van der Waals surface area (Å²) >= 11 is 0. The summed E-state index contributed by atoms with van der Waals surface area (Å²) in [5, 5.41) is 14.2. The molecular formula is C28H38N5O6P. The van der Waals surface area contributed by atoms with Crippen LogP contribution in [0.25, 0.3) is 11.0 Å². The molecular weight excluding hydrogens is 533 g/mol. The number of benzene rings is 1. The zero-order valence-corrected chi connectivity index (χ0v) is 24.3. The Kier molecular flexibility index (Phi) is 10.0. The molecule has 2 aliphatic heterocycles. The molecule has 11 nitrogen and oxygen atoms in total. The van der Waals surface area contributed by atoms with Crippen LogP contribution < -0.4 is 5.32 Å². The Hall–Kier alpha value is -3.19. The number of carbonyl (C=O) groups excluding carboxylic acids is 2. The van der Waals surface area contributed by atoms with Crippen molar-refractivity contribution in [3.63, 3.8) is 0 Å². The number of carbonyl (C=O) groups is 2. The first kappa shape index (κ1) is 29.8. The number of hydrogen-bond donors (Lipinski definition) is 1. The maximum Gasteiger partial charge on any atom is 0.355 e. The van der Waals surface area contributed by atoms with Crippen LogP contribution >= 0.6 is 7.60 Å². The van der Waals surface area contributed by atoms with Crippen molar-refractivity contribution in [1.29, 1.82) is 5.26 Å². The van der Waals surface area contributed by atoms with E-state index in [1.807, 2.05) is 19.1 Å². The summed E-state index contributed by atoms with van der Waals surface area (Å²) in [5.41, 5.74) is -0.121. The van der Waals surface area contributed by atoms with Gasteiger partial charge in [-0.15, -0.1) is 0 Å². The molecule has 2 atom stereocenters. The van der Waals surface area contributed by atoms with Crippen LogP contribution in [0.15, 0.2) is 33.7 Å². The Morgan fingerprint density at radius 1 is 1.18 bits per heavy atom. The highest BCUT2D eigenvalue weighted by Gasteiger charge is 2.41. The Balaban J connectivity index is 1.69. The monoisotopic (exact) mass is 571 g/mol. The molecule has 216 valence electrons. The standard InChI is InChI=1S/C28H38N5O6P/c1-4-37-40(36,38-5-2)25(18-29)27(30-22-11-12-24-21(17-22)16-20(3)39-24)31-23-10-6-7-15-33(28(23)35)19-26(34)32-13-8-9-14-32/h11-12,16-17,23,25H,4-10,13-15,19H2,1-3H3,(H,30,31)/t23-,25?/m0/s1. The summed E-state index contributed by atoms with van der Waals surface area (Å²) in [6.07, 6.45) is 3.84. The van der Waals surface area contributed by atoms with Gasteiger partial charge in [0, 0.05) is 30.7 Å². The molecule has 1 N–H and O–H groups in total. The fraction of sp³-hybridized carbons (Fsp3) is 0.571. The van der Waals surface area contributed by atoms with Gasteiger partial charge in [-0.25, -0.2) is 0 Å². The quantitative estimate of drug-likeness (QED) is 0.246. The molecule has 0 saturated carbocycles. The highest BCUT2D eigenvalue weighted by Crippen LogP contribution is 2.53. The van der Waals surface area contributed by atoms with Crippen molar-refractivity contribution in [2.24, 2.45) is 4.99 Å². The van der Waals surface area contributed by atoms with Crippen LogP contribution in [0.1, 0.15) is 51.7 Å². The average molecular weight is 572 g/mol. The predicted molar refractivity (Wildman–Crippen MR) is 152 cm³/mol. The molecule has 1 aromatic heterocycles. The van der Waals surface area contributed by atoms with Gasteiger partial charge >= 0.3 is 7.60 Å². The first-order valence-corrected chi connectivity index (χ1v) is 15.6. The minimum Gasteiger partial charge on any atom is -0.461 e. The number of likely N-dealkylation sites (tertiary alicyclic amines) is 2. The number of hydrogen-bond acceptors (Lipinski definition) is 8. The van der Waals surface area contributed by atoms with E-state index in [0.29, 0.717) is 43.7 Å². The Morgan fingerprint density at radius 3 is 2.55 bits per heavy atom. The third-order valence-electron chi connectivity index (χ3n) is 7.06. The van der Waals surface area contributed by atoms with Gasteiger partial charge in [0.25, 0.3) is 0 Å². The average Bonchev–Trinajstić information content (AvgIpc) is 3.55.